The molecule has 0 aliphatic rings. The maximum atomic E-state index is 4.63. The van der Waals surface area contributed by atoms with Crippen molar-refractivity contribution >= 4 is 11.0 Å². The lowest BCUT2D eigenvalue weighted by molar-refractivity contribution is 0.458. The predicted molar refractivity (Wildman–Crippen MR) is 79.3 cm³/mol. The highest BCUT2D eigenvalue weighted by molar-refractivity contribution is 5.74. The van der Waals surface area contributed by atoms with Crippen LogP contribution in [0.3, 0.4) is 0 Å². The van der Waals surface area contributed by atoms with Gasteiger partial charge in [0.25, 0.3) is 0 Å². The van der Waals surface area contributed by atoms with Gasteiger partial charge in [-0.2, -0.15) is 5.10 Å². The second-order valence-electron chi connectivity index (χ2n) is 5.13. The van der Waals surface area contributed by atoms with E-state index in [1.54, 1.807) is 0 Å². The predicted octanol–water partition coefficient (Wildman–Crippen LogP) is 2.71. The van der Waals surface area contributed by atoms with Gasteiger partial charge < -0.3 is 4.98 Å². The number of hydrogen-bond acceptors (Lipinski definition) is 3. The van der Waals surface area contributed by atoms with E-state index < -0.39 is 0 Å². The van der Waals surface area contributed by atoms with Crippen LogP contribution in [0.1, 0.15) is 37.4 Å². The van der Waals surface area contributed by atoms with Gasteiger partial charge in [0, 0.05) is 19.3 Å². The molecule has 0 saturated carbocycles. The first kappa shape index (κ1) is 12.9. The number of rotatable bonds is 4. The van der Waals surface area contributed by atoms with Crippen LogP contribution in [0.25, 0.3) is 11.0 Å². The number of aromatic amines is 1. The second kappa shape index (κ2) is 5.09. The number of hydrogen-bond donors (Lipinski definition) is 2. The normalized spacial score (nSPS) is 14.6. The van der Waals surface area contributed by atoms with Crippen LogP contribution in [0.4, 0.5) is 0 Å². The van der Waals surface area contributed by atoms with Gasteiger partial charge in [-0.3, -0.25) is 10.00 Å². The van der Waals surface area contributed by atoms with Gasteiger partial charge in [-0.1, -0.05) is 12.1 Å². The summed E-state index contributed by atoms with van der Waals surface area (Å²) in [4.78, 5) is 7.99. The van der Waals surface area contributed by atoms with E-state index in [1.807, 2.05) is 48.3 Å². The van der Waals surface area contributed by atoms with E-state index in [0.29, 0.717) is 0 Å². The Morgan fingerprint density at radius 1 is 1.15 bits per heavy atom. The lowest BCUT2D eigenvalue weighted by Gasteiger charge is -2.18. The average molecular weight is 269 g/mol. The monoisotopic (exact) mass is 269 g/mol. The Hall–Kier alpha value is -2.14. The van der Waals surface area contributed by atoms with Gasteiger partial charge in [0.05, 0.1) is 22.8 Å². The van der Waals surface area contributed by atoms with Crippen molar-refractivity contribution in [2.45, 2.75) is 25.9 Å². The van der Waals surface area contributed by atoms with Gasteiger partial charge in [-0.25, -0.2) is 4.98 Å². The molecule has 5 heteroatoms. The number of benzene rings is 1. The number of H-pyrrole nitrogens is 1. The summed E-state index contributed by atoms with van der Waals surface area (Å²) >= 11 is 0. The largest absolute Gasteiger partial charge is 0.341 e. The third kappa shape index (κ3) is 2.32. The minimum atomic E-state index is 0.146. The van der Waals surface area contributed by atoms with E-state index in [9.17, 15) is 0 Å². The van der Waals surface area contributed by atoms with Crippen molar-refractivity contribution < 1.29 is 0 Å². The van der Waals surface area contributed by atoms with Gasteiger partial charge in [0.1, 0.15) is 5.82 Å². The number of para-hydroxylation sites is 2. The summed E-state index contributed by atoms with van der Waals surface area (Å²) in [5.74, 6) is 0.959. The van der Waals surface area contributed by atoms with Gasteiger partial charge in [0.2, 0.25) is 0 Å². The minimum absolute atomic E-state index is 0.146. The standard InChI is InChI=1S/C15H19N5/c1-10(14-8-9-16-20(14)3)17-11(2)15-18-12-6-4-5-7-13(12)19-15/h4-11,17H,1-3H3,(H,18,19). The molecule has 0 aliphatic heterocycles. The van der Waals surface area contributed by atoms with E-state index in [0.717, 1.165) is 22.6 Å². The van der Waals surface area contributed by atoms with Gasteiger partial charge >= 0.3 is 0 Å². The fraction of sp³-hybridized carbons (Fsp3) is 0.333. The molecule has 0 radical (unpaired) electrons. The van der Waals surface area contributed by atoms with Crippen molar-refractivity contribution in [2.75, 3.05) is 0 Å². The molecular weight excluding hydrogens is 250 g/mol. The van der Waals surface area contributed by atoms with E-state index in [2.05, 4.69) is 34.2 Å². The van der Waals surface area contributed by atoms with E-state index in [4.69, 9.17) is 0 Å². The summed E-state index contributed by atoms with van der Waals surface area (Å²) in [6, 6.07) is 10.5. The zero-order valence-electron chi connectivity index (χ0n) is 12.0. The smallest absolute Gasteiger partial charge is 0.124 e. The maximum Gasteiger partial charge on any atom is 0.124 e. The molecule has 0 fully saturated rings. The molecule has 0 spiro atoms. The summed E-state index contributed by atoms with van der Waals surface area (Å²) < 4.78 is 1.89. The summed E-state index contributed by atoms with van der Waals surface area (Å²) in [6.07, 6.45) is 1.82. The van der Waals surface area contributed by atoms with Crippen molar-refractivity contribution in [3.63, 3.8) is 0 Å². The van der Waals surface area contributed by atoms with Crippen LogP contribution in [-0.4, -0.2) is 19.7 Å². The zero-order valence-corrected chi connectivity index (χ0v) is 12.0. The van der Waals surface area contributed by atoms with E-state index in [-0.39, 0.29) is 12.1 Å². The fourth-order valence-electron chi connectivity index (χ4n) is 2.53. The molecular formula is C15H19N5. The number of fused-ring (bicyclic) bond motifs is 1. The molecule has 2 heterocycles. The van der Waals surface area contributed by atoms with Crippen molar-refractivity contribution in [1.29, 1.82) is 0 Å². The maximum absolute atomic E-state index is 4.63. The summed E-state index contributed by atoms with van der Waals surface area (Å²) in [6.45, 7) is 4.25. The molecule has 0 saturated heterocycles. The van der Waals surface area contributed by atoms with Crippen LogP contribution >= 0.6 is 0 Å². The molecule has 2 aromatic heterocycles. The van der Waals surface area contributed by atoms with Crippen molar-refractivity contribution in [3.8, 4) is 0 Å². The number of imidazole rings is 1. The lowest BCUT2D eigenvalue weighted by Crippen LogP contribution is -2.25. The number of nitrogens with zero attached hydrogens (tertiary/aromatic N) is 3. The van der Waals surface area contributed by atoms with Gasteiger partial charge in [-0.15, -0.1) is 0 Å². The lowest BCUT2D eigenvalue weighted by atomic mass is 10.2. The highest BCUT2D eigenvalue weighted by Crippen LogP contribution is 2.19. The quantitative estimate of drug-likeness (QED) is 0.765. The van der Waals surface area contributed by atoms with Gasteiger partial charge in [0.15, 0.2) is 0 Å². The Labute approximate surface area is 118 Å². The zero-order chi connectivity index (χ0) is 14.1. The molecule has 0 bridgehead atoms. The van der Waals surface area contributed by atoms with Crippen LogP contribution in [-0.2, 0) is 7.05 Å². The topological polar surface area (TPSA) is 58.5 Å². The minimum Gasteiger partial charge on any atom is -0.341 e. The first-order chi connectivity index (χ1) is 9.65. The Balaban J connectivity index is 1.79. The Morgan fingerprint density at radius 2 is 1.95 bits per heavy atom. The van der Waals surface area contributed by atoms with Crippen molar-refractivity contribution in [1.82, 2.24) is 25.1 Å². The van der Waals surface area contributed by atoms with Crippen LogP contribution in [0.2, 0.25) is 0 Å². The van der Waals surface area contributed by atoms with Crippen molar-refractivity contribution in [2.24, 2.45) is 7.05 Å². The van der Waals surface area contributed by atoms with Crippen LogP contribution in [0, 0.1) is 0 Å². The molecule has 5 nitrogen and oxygen atoms in total. The molecule has 3 rings (SSSR count). The molecule has 3 aromatic rings. The van der Waals surface area contributed by atoms with Gasteiger partial charge in [-0.05, 0) is 32.0 Å². The SMILES string of the molecule is CC(NC(C)c1ccnn1C)c1nc2ccccc2[nH]1. The van der Waals surface area contributed by atoms with Crippen LogP contribution in [0.15, 0.2) is 36.5 Å². The third-order valence-corrected chi connectivity index (χ3v) is 3.62. The highest BCUT2D eigenvalue weighted by atomic mass is 15.3. The number of aryl methyl sites for hydroxylation is 1. The van der Waals surface area contributed by atoms with Crippen molar-refractivity contribution in [3.05, 3.63) is 48.0 Å². The number of aromatic nitrogens is 4. The first-order valence-electron chi connectivity index (χ1n) is 6.83. The summed E-state index contributed by atoms with van der Waals surface area (Å²) in [5.41, 5.74) is 3.24. The molecule has 2 unspecified atom stereocenters. The molecule has 1 aromatic carbocycles. The summed E-state index contributed by atoms with van der Waals surface area (Å²) in [5, 5.41) is 7.75. The Kier molecular flexibility index (Phi) is 3.28. The highest BCUT2D eigenvalue weighted by Gasteiger charge is 2.16. The second-order valence-corrected chi connectivity index (χ2v) is 5.13. The summed E-state index contributed by atoms with van der Waals surface area (Å²) in [7, 11) is 1.96. The molecule has 0 aliphatic carbocycles. The first-order valence-corrected chi connectivity index (χ1v) is 6.83. The van der Waals surface area contributed by atoms with Crippen LogP contribution < -0.4 is 5.32 Å². The van der Waals surface area contributed by atoms with E-state index in [1.165, 1.54) is 0 Å². The van der Waals surface area contributed by atoms with E-state index >= 15 is 0 Å². The van der Waals surface area contributed by atoms with Crippen LogP contribution in [0.5, 0.6) is 0 Å². The molecule has 0 amide bonds. The Bertz CT molecular complexity index is 679. The molecule has 2 atom stereocenters. The number of nitrogens with one attached hydrogen (secondary N) is 2. The fourth-order valence-corrected chi connectivity index (χ4v) is 2.53. The molecule has 2 N–H and O–H groups in total. The third-order valence-electron chi connectivity index (χ3n) is 3.62. The average Bonchev–Trinajstić information content (AvgIpc) is 3.04. The molecule has 20 heavy (non-hydrogen) atoms. The Morgan fingerprint density at radius 3 is 2.65 bits per heavy atom. The molecule has 104 valence electrons.